The Bertz CT molecular complexity index is 1150. The van der Waals surface area contributed by atoms with Gasteiger partial charge in [-0.15, -0.1) is 0 Å². The average Bonchev–Trinajstić information content (AvgIpc) is 3.11. The third-order valence-electron chi connectivity index (χ3n) is 5.93. The van der Waals surface area contributed by atoms with Crippen LogP contribution >= 0.6 is 0 Å². The maximum Gasteiger partial charge on any atom is 0.295 e. The van der Waals surface area contributed by atoms with Crippen LogP contribution in [0, 0.1) is 6.92 Å². The number of Topliss-reactive ketones (excluding diaryl/α,β-unsaturated/α-hetero) is 1. The smallest absolute Gasteiger partial charge is 0.295 e. The fourth-order valence-corrected chi connectivity index (χ4v) is 4.21. The molecule has 1 fully saturated rings. The van der Waals surface area contributed by atoms with E-state index < -0.39 is 17.7 Å². The predicted octanol–water partition coefficient (Wildman–Crippen LogP) is 4.50. The largest absolute Gasteiger partial charge is 0.507 e. The number of hydrogen-bond donors (Lipinski definition) is 1. The first kappa shape index (κ1) is 26.8. The zero-order valence-corrected chi connectivity index (χ0v) is 21.2. The summed E-state index contributed by atoms with van der Waals surface area (Å²) < 4.78 is 11.2. The van der Waals surface area contributed by atoms with E-state index in [1.807, 2.05) is 38.1 Å². The number of aliphatic hydroxyl groups is 1. The van der Waals surface area contributed by atoms with Gasteiger partial charge in [-0.25, -0.2) is 0 Å². The average molecular weight is 491 g/mol. The van der Waals surface area contributed by atoms with E-state index in [9.17, 15) is 14.7 Å². The van der Waals surface area contributed by atoms with E-state index in [1.165, 1.54) is 0 Å². The van der Waals surface area contributed by atoms with Gasteiger partial charge >= 0.3 is 0 Å². The van der Waals surface area contributed by atoms with Gasteiger partial charge in [0.15, 0.2) is 0 Å². The zero-order chi connectivity index (χ0) is 26.2. The van der Waals surface area contributed by atoms with Gasteiger partial charge in [0.1, 0.15) is 30.5 Å². The van der Waals surface area contributed by atoms with Crippen molar-refractivity contribution >= 4 is 17.4 Å². The minimum absolute atomic E-state index is 0.0764. The van der Waals surface area contributed by atoms with Gasteiger partial charge in [-0.2, -0.15) is 0 Å². The maximum atomic E-state index is 13.2. The normalized spacial score (nSPS) is 16.9. The molecule has 1 atom stereocenters. The summed E-state index contributed by atoms with van der Waals surface area (Å²) in [6.07, 6.45) is 3.99. The van der Waals surface area contributed by atoms with Gasteiger partial charge < -0.3 is 24.4 Å². The SMILES string of the molecule is C=CCOc1ccc(C2C(=C(O)c3ccc(OCC=C)cc3C)C(=O)C(=O)N2CCCN(C)C)cc1. The van der Waals surface area contributed by atoms with Crippen LogP contribution in [-0.4, -0.2) is 67.0 Å². The van der Waals surface area contributed by atoms with Crippen LogP contribution in [0.1, 0.15) is 29.2 Å². The fraction of sp³-hybridized carbons (Fsp3) is 0.310. The predicted molar refractivity (Wildman–Crippen MR) is 141 cm³/mol. The highest BCUT2D eigenvalue weighted by atomic mass is 16.5. The summed E-state index contributed by atoms with van der Waals surface area (Å²) in [6, 6.07) is 11.7. The lowest BCUT2D eigenvalue weighted by atomic mass is 9.93. The summed E-state index contributed by atoms with van der Waals surface area (Å²) in [6.45, 7) is 11.0. The van der Waals surface area contributed by atoms with E-state index in [0.717, 1.165) is 17.7 Å². The highest BCUT2D eigenvalue weighted by Gasteiger charge is 2.45. The summed E-state index contributed by atoms with van der Waals surface area (Å²) in [7, 11) is 3.91. The van der Waals surface area contributed by atoms with Crippen molar-refractivity contribution in [3.05, 3.63) is 90.0 Å². The Morgan fingerprint density at radius 3 is 2.22 bits per heavy atom. The molecule has 190 valence electrons. The topological polar surface area (TPSA) is 79.3 Å². The van der Waals surface area contributed by atoms with Crippen molar-refractivity contribution in [2.45, 2.75) is 19.4 Å². The molecule has 0 spiro atoms. The molecule has 0 aromatic heterocycles. The number of benzene rings is 2. The molecule has 1 aliphatic heterocycles. The van der Waals surface area contributed by atoms with Crippen LogP contribution in [0.25, 0.3) is 5.76 Å². The first-order valence-electron chi connectivity index (χ1n) is 11.9. The van der Waals surface area contributed by atoms with Crippen LogP contribution < -0.4 is 9.47 Å². The van der Waals surface area contributed by atoms with Crippen molar-refractivity contribution < 1.29 is 24.2 Å². The summed E-state index contributed by atoms with van der Waals surface area (Å²) in [4.78, 5) is 30.0. The lowest BCUT2D eigenvalue weighted by molar-refractivity contribution is -0.139. The van der Waals surface area contributed by atoms with E-state index in [4.69, 9.17) is 9.47 Å². The van der Waals surface area contributed by atoms with Crippen molar-refractivity contribution in [3.8, 4) is 11.5 Å². The molecule has 1 heterocycles. The van der Waals surface area contributed by atoms with Crippen molar-refractivity contribution in [1.82, 2.24) is 9.80 Å². The first-order valence-corrected chi connectivity index (χ1v) is 11.9. The number of nitrogens with zero attached hydrogens (tertiary/aromatic N) is 2. The second-order valence-corrected chi connectivity index (χ2v) is 8.89. The lowest BCUT2D eigenvalue weighted by Crippen LogP contribution is -2.32. The van der Waals surface area contributed by atoms with Crippen LogP contribution in [-0.2, 0) is 9.59 Å². The van der Waals surface area contributed by atoms with Crippen LogP contribution in [0.5, 0.6) is 11.5 Å². The van der Waals surface area contributed by atoms with E-state index >= 15 is 0 Å². The van der Waals surface area contributed by atoms with Gasteiger partial charge in [-0.3, -0.25) is 9.59 Å². The van der Waals surface area contributed by atoms with Crippen LogP contribution in [0.15, 0.2) is 73.3 Å². The summed E-state index contributed by atoms with van der Waals surface area (Å²) >= 11 is 0. The van der Waals surface area contributed by atoms with Gasteiger partial charge in [-0.05, 0) is 75.4 Å². The Morgan fingerprint density at radius 1 is 1.03 bits per heavy atom. The Morgan fingerprint density at radius 2 is 1.64 bits per heavy atom. The minimum atomic E-state index is -0.711. The number of likely N-dealkylation sites (tertiary alicyclic amines) is 1. The monoisotopic (exact) mass is 490 g/mol. The van der Waals surface area contributed by atoms with Crippen molar-refractivity contribution in [2.24, 2.45) is 0 Å². The number of ketones is 1. The lowest BCUT2D eigenvalue weighted by Gasteiger charge is -2.26. The number of rotatable bonds is 12. The zero-order valence-electron chi connectivity index (χ0n) is 21.2. The van der Waals surface area contributed by atoms with Crippen molar-refractivity contribution in [2.75, 3.05) is 40.4 Å². The number of aliphatic hydroxyl groups excluding tert-OH is 1. The van der Waals surface area contributed by atoms with E-state index in [-0.39, 0.29) is 11.3 Å². The van der Waals surface area contributed by atoms with Crippen LogP contribution in [0.3, 0.4) is 0 Å². The number of amides is 1. The molecule has 0 radical (unpaired) electrons. The molecule has 1 saturated heterocycles. The molecule has 0 aliphatic carbocycles. The molecule has 7 nitrogen and oxygen atoms in total. The fourth-order valence-electron chi connectivity index (χ4n) is 4.21. The molecule has 36 heavy (non-hydrogen) atoms. The molecule has 7 heteroatoms. The van der Waals surface area contributed by atoms with Crippen LogP contribution in [0.4, 0.5) is 0 Å². The molecule has 2 aromatic rings. The van der Waals surface area contributed by atoms with E-state index in [1.54, 1.807) is 47.4 Å². The second-order valence-electron chi connectivity index (χ2n) is 8.89. The minimum Gasteiger partial charge on any atom is -0.507 e. The molecule has 1 amide bonds. The first-order chi connectivity index (χ1) is 17.3. The number of aryl methyl sites for hydroxylation is 1. The van der Waals surface area contributed by atoms with E-state index in [2.05, 4.69) is 13.2 Å². The number of carbonyl (C=O) groups excluding carboxylic acids is 2. The second kappa shape index (κ2) is 12.2. The van der Waals surface area contributed by atoms with Gasteiger partial charge in [0.25, 0.3) is 11.7 Å². The van der Waals surface area contributed by atoms with E-state index in [0.29, 0.717) is 43.2 Å². The molecule has 2 aromatic carbocycles. The summed E-state index contributed by atoms with van der Waals surface area (Å²) in [5, 5.41) is 11.4. The maximum absolute atomic E-state index is 13.2. The summed E-state index contributed by atoms with van der Waals surface area (Å²) in [5.74, 6) is -0.237. The highest BCUT2D eigenvalue weighted by molar-refractivity contribution is 6.46. The number of ether oxygens (including phenoxy) is 2. The molecule has 1 unspecified atom stereocenters. The third-order valence-corrected chi connectivity index (χ3v) is 5.93. The molecule has 0 bridgehead atoms. The van der Waals surface area contributed by atoms with Crippen molar-refractivity contribution in [3.63, 3.8) is 0 Å². The van der Waals surface area contributed by atoms with Crippen LogP contribution in [0.2, 0.25) is 0 Å². The van der Waals surface area contributed by atoms with Gasteiger partial charge in [0.05, 0.1) is 11.6 Å². The Labute approximate surface area is 212 Å². The molecular weight excluding hydrogens is 456 g/mol. The number of carbonyl (C=O) groups is 2. The Balaban J connectivity index is 2.05. The molecule has 0 saturated carbocycles. The molecular formula is C29H34N2O5. The molecule has 3 rings (SSSR count). The Hall–Kier alpha value is -3.84. The van der Waals surface area contributed by atoms with Gasteiger partial charge in [-0.1, -0.05) is 37.4 Å². The molecule has 1 aliphatic rings. The third kappa shape index (κ3) is 6.04. The number of hydrogen-bond acceptors (Lipinski definition) is 6. The quantitative estimate of drug-likeness (QED) is 0.204. The van der Waals surface area contributed by atoms with Gasteiger partial charge in [0.2, 0.25) is 0 Å². The van der Waals surface area contributed by atoms with Gasteiger partial charge in [0, 0.05) is 12.1 Å². The Kier molecular flexibility index (Phi) is 9.08. The highest BCUT2D eigenvalue weighted by Crippen LogP contribution is 2.40. The molecule has 1 N–H and O–H groups in total. The standard InChI is InChI=1S/C29H34N2O5/c1-6-17-35-22-11-9-21(10-12-22)26-25(28(33)29(34)31(26)16-8-15-30(4)5)27(32)24-14-13-23(19-20(24)3)36-18-7-2/h6-7,9-14,19,26,32H,1-2,8,15-18H2,3-5H3. The summed E-state index contributed by atoms with van der Waals surface area (Å²) in [5.41, 5.74) is 1.99. The van der Waals surface area contributed by atoms with Crippen molar-refractivity contribution in [1.29, 1.82) is 0 Å².